The first-order valence-corrected chi connectivity index (χ1v) is 7.01. The van der Waals surface area contributed by atoms with Crippen LogP contribution in [0.25, 0.3) is 0 Å². The first-order valence-electron chi connectivity index (χ1n) is 7.01. The minimum absolute atomic E-state index is 0.0703. The van der Waals surface area contributed by atoms with Gasteiger partial charge < -0.3 is 10.2 Å². The van der Waals surface area contributed by atoms with Gasteiger partial charge in [-0.25, -0.2) is 0 Å². The third-order valence-electron chi connectivity index (χ3n) is 4.55. The molecule has 2 aliphatic carbocycles. The van der Waals surface area contributed by atoms with Crippen molar-refractivity contribution in [2.24, 2.45) is 23.7 Å². The average Bonchev–Trinajstić information content (AvgIpc) is 3.22. The molecule has 1 aliphatic heterocycles. The molecule has 0 aromatic rings. The van der Waals surface area contributed by atoms with E-state index in [4.69, 9.17) is 0 Å². The van der Waals surface area contributed by atoms with Gasteiger partial charge in [0.2, 0.25) is 5.91 Å². The van der Waals surface area contributed by atoms with E-state index in [0.29, 0.717) is 30.8 Å². The molecule has 0 bridgehead atoms. The van der Waals surface area contributed by atoms with Crippen molar-refractivity contribution in [3.8, 4) is 0 Å². The van der Waals surface area contributed by atoms with Gasteiger partial charge in [-0.1, -0.05) is 0 Å². The smallest absolute Gasteiger partial charge is 0.356 e. The van der Waals surface area contributed by atoms with Crippen molar-refractivity contribution in [2.45, 2.75) is 25.4 Å². The lowest BCUT2D eigenvalue weighted by Crippen LogP contribution is -2.34. The van der Waals surface area contributed by atoms with Gasteiger partial charge in [-0.05, 0) is 30.6 Å². The summed E-state index contributed by atoms with van der Waals surface area (Å²) in [5.74, 6) is 1.46. The number of hydrogen-bond acceptors (Lipinski definition) is 2. The van der Waals surface area contributed by atoms with Crippen LogP contribution in [0.5, 0.6) is 0 Å². The van der Waals surface area contributed by atoms with Crippen molar-refractivity contribution in [2.75, 3.05) is 26.2 Å². The Morgan fingerprint density at radius 3 is 2.37 bits per heavy atom. The Morgan fingerprint density at radius 2 is 1.84 bits per heavy atom. The molecule has 1 amide bonds. The molecule has 0 aromatic carbocycles. The van der Waals surface area contributed by atoms with Crippen LogP contribution in [-0.2, 0) is 4.79 Å². The molecule has 3 nitrogen and oxygen atoms in total. The Labute approximate surface area is 110 Å². The van der Waals surface area contributed by atoms with E-state index in [2.05, 4.69) is 5.32 Å². The largest absolute Gasteiger partial charge is 0.390 e. The number of fused-ring (bicyclic) bond motifs is 1. The van der Waals surface area contributed by atoms with E-state index in [1.165, 1.54) is 12.8 Å². The molecular weight excluding hydrogens is 257 g/mol. The molecule has 3 fully saturated rings. The number of piperidine rings is 1. The lowest BCUT2D eigenvalue weighted by Gasteiger charge is -2.19. The fraction of sp³-hybridized carbons (Fsp3) is 0.923. The summed E-state index contributed by atoms with van der Waals surface area (Å²) in [6.45, 7) is 2.17. The molecule has 2 saturated carbocycles. The first kappa shape index (κ1) is 13.2. The number of likely N-dealkylation sites (tertiary alicyclic amines) is 1. The molecule has 6 heteroatoms. The number of carbonyl (C=O) groups is 1. The fourth-order valence-electron chi connectivity index (χ4n) is 3.15. The summed E-state index contributed by atoms with van der Waals surface area (Å²) in [4.78, 5) is 13.7. The van der Waals surface area contributed by atoms with Crippen molar-refractivity contribution >= 4 is 5.91 Å². The molecule has 19 heavy (non-hydrogen) atoms. The molecule has 3 rings (SSSR count). The van der Waals surface area contributed by atoms with Gasteiger partial charge in [-0.2, -0.15) is 13.2 Å². The normalized spacial score (nSPS) is 34.2. The molecular formula is C13H19F3N2O. The summed E-state index contributed by atoms with van der Waals surface area (Å²) in [7, 11) is 0. The van der Waals surface area contributed by atoms with Crippen LogP contribution < -0.4 is 5.32 Å². The predicted molar refractivity (Wildman–Crippen MR) is 63.3 cm³/mol. The van der Waals surface area contributed by atoms with E-state index < -0.39 is 12.6 Å². The van der Waals surface area contributed by atoms with Crippen LogP contribution in [0, 0.1) is 23.7 Å². The molecule has 0 aromatic heterocycles. The Morgan fingerprint density at radius 1 is 1.21 bits per heavy atom. The SMILES string of the molecule is O=C(NCC1CC1)C1C2CN(CCC(F)(F)F)CC21. The van der Waals surface area contributed by atoms with Crippen LogP contribution in [0.2, 0.25) is 0 Å². The highest BCUT2D eigenvalue weighted by atomic mass is 19.4. The topological polar surface area (TPSA) is 32.3 Å². The second-order valence-corrected chi connectivity index (χ2v) is 6.17. The number of alkyl halides is 3. The zero-order valence-electron chi connectivity index (χ0n) is 10.7. The first-order chi connectivity index (χ1) is 8.94. The van der Waals surface area contributed by atoms with Crippen molar-refractivity contribution in [1.82, 2.24) is 10.2 Å². The quantitative estimate of drug-likeness (QED) is 0.828. The predicted octanol–water partition coefficient (Wildman–Crippen LogP) is 1.64. The van der Waals surface area contributed by atoms with E-state index in [-0.39, 0.29) is 18.4 Å². The minimum Gasteiger partial charge on any atom is -0.356 e. The Balaban J connectivity index is 1.36. The summed E-state index contributed by atoms with van der Waals surface area (Å²) >= 11 is 0. The van der Waals surface area contributed by atoms with Crippen molar-refractivity contribution in [3.63, 3.8) is 0 Å². The average molecular weight is 276 g/mol. The van der Waals surface area contributed by atoms with E-state index in [9.17, 15) is 18.0 Å². The zero-order chi connectivity index (χ0) is 13.6. The summed E-state index contributed by atoms with van der Waals surface area (Å²) in [5.41, 5.74) is 0. The van der Waals surface area contributed by atoms with Gasteiger partial charge in [0.25, 0.3) is 0 Å². The van der Waals surface area contributed by atoms with Crippen LogP contribution in [0.4, 0.5) is 13.2 Å². The molecule has 1 N–H and O–H groups in total. The van der Waals surface area contributed by atoms with Gasteiger partial charge in [0.1, 0.15) is 0 Å². The molecule has 1 heterocycles. The van der Waals surface area contributed by atoms with Gasteiger partial charge >= 0.3 is 6.18 Å². The standard InChI is InChI=1S/C13H19F3N2O/c14-13(15,16)3-4-18-6-9-10(7-18)11(9)12(19)17-5-8-1-2-8/h8-11H,1-7H2,(H,17,19). The second-order valence-electron chi connectivity index (χ2n) is 6.17. The molecule has 2 unspecified atom stereocenters. The number of rotatable bonds is 5. The number of nitrogens with one attached hydrogen (secondary N) is 1. The van der Waals surface area contributed by atoms with Gasteiger partial charge in [-0.15, -0.1) is 0 Å². The van der Waals surface area contributed by atoms with Crippen LogP contribution in [0.1, 0.15) is 19.3 Å². The minimum atomic E-state index is -4.08. The number of nitrogens with zero attached hydrogens (tertiary/aromatic N) is 1. The van der Waals surface area contributed by atoms with Gasteiger partial charge in [0.15, 0.2) is 0 Å². The summed E-state index contributed by atoms with van der Waals surface area (Å²) in [6.07, 6.45) is -2.40. The third-order valence-corrected chi connectivity index (χ3v) is 4.55. The van der Waals surface area contributed by atoms with Gasteiger partial charge in [-0.3, -0.25) is 4.79 Å². The second kappa shape index (κ2) is 4.65. The van der Waals surface area contributed by atoms with Crippen molar-refractivity contribution < 1.29 is 18.0 Å². The van der Waals surface area contributed by atoms with Crippen molar-refractivity contribution in [3.05, 3.63) is 0 Å². The molecule has 0 spiro atoms. The number of hydrogen-bond donors (Lipinski definition) is 1. The van der Waals surface area contributed by atoms with E-state index >= 15 is 0 Å². The van der Waals surface area contributed by atoms with E-state index in [1.807, 2.05) is 4.90 Å². The maximum atomic E-state index is 12.1. The lowest BCUT2D eigenvalue weighted by atomic mass is 10.2. The zero-order valence-corrected chi connectivity index (χ0v) is 10.7. The molecule has 0 radical (unpaired) electrons. The van der Waals surface area contributed by atoms with Crippen molar-refractivity contribution in [1.29, 1.82) is 0 Å². The van der Waals surface area contributed by atoms with E-state index in [0.717, 1.165) is 6.54 Å². The number of carbonyl (C=O) groups excluding carboxylic acids is 1. The Bertz CT molecular complexity index is 355. The Kier molecular flexibility index (Phi) is 3.23. The van der Waals surface area contributed by atoms with Crippen LogP contribution in [-0.4, -0.2) is 43.2 Å². The maximum absolute atomic E-state index is 12.1. The van der Waals surface area contributed by atoms with Gasteiger partial charge in [0, 0.05) is 32.1 Å². The highest BCUT2D eigenvalue weighted by molar-refractivity contribution is 5.82. The lowest BCUT2D eigenvalue weighted by molar-refractivity contribution is -0.138. The van der Waals surface area contributed by atoms with Gasteiger partial charge in [0.05, 0.1) is 6.42 Å². The third kappa shape index (κ3) is 3.22. The summed E-state index contributed by atoms with van der Waals surface area (Å²) in [5, 5.41) is 2.97. The number of amides is 1. The van der Waals surface area contributed by atoms with Crippen LogP contribution >= 0.6 is 0 Å². The Hall–Kier alpha value is -0.780. The highest BCUT2D eigenvalue weighted by Gasteiger charge is 2.59. The molecule has 2 atom stereocenters. The molecule has 1 saturated heterocycles. The highest BCUT2D eigenvalue weighted by Crippen LogP contribution is 2.51. The maximum Gasteiger partial charge on any atom is 0.390 e. The van der Waals surface area contributed by atoms with E-state index in [1.54, 1.807) is 0 Å². The van der Waals surface area contributed by atoms with Crippen LogP contribution in [0.15, 0.2) is 0 Å². The summed E-state index contributed by atoms with van der Waals surface area (Å²) in [6, 6.07) is 0. The molecule has 3 aliphatic rings. The summed E-state index contributed by atoms with van der Waals surface area (Å²) < 4.78 is 36.3. The molecule has 108 valence electrons. The fourth-order valence-corrected chi connectivity index (χ4v) is 3.15. The number of halogens is 3. The monoisotopic (exact) mass is 276 g/mol. The van der Waals surface area contributed by atoms with Crippen LogP contribution in [0.3, 0.4) is 0 Å².